The Balaban J connectivity index is 0.000000143. The van der Waals surface area contributed by atoms with Crippen molar-refractivity contribution < 1.29 is 8.83 Å². The number of benzene rings is 20. The van der Waals surface area contributed by atoms with E-state index >= 15 is 0 Å². The van der Waals surface area contributed by atoms with Crippen molar-refractivity contribution in [2.24, 2.45) is 0 Å². The molecule has 0 aliphatic rings. The maximum absolute atomic E-state index is 6.83. The largest absolute Gasteiger partial charge is 0.455 e. The summed E-state index contributed by atoms with van der Waals surface area (Å²) in [5.41, 5.74) is 31.8. The van der Waals surface area contributed by atoms with Crippen molar-refractivity contribution in [2.75, 3.05) is 0 Å². The van der Waals surface area contributed by atoms with Crippen LogP contribution in [0.4, 0.5) is 0 Å². The monoisotopic (exact) mass is 1450 g/mol. The van der Waals surface area contributed by atoms with E-state index in [0.29, 0.717) is 0 Å². The summed E-state index contributed by atoms with van der Waals surface area (Å²) in [5, 5.41) is 14.5. The highest BCUT2D eigenvalue weighted by atomic mass is 16.3. The molecular weight excluding hydrogens is 1380 g/mol. The fraction of sp³-hybridized carbons (Fsp3) is 0. The van der Waals surface area contributed by atoms with Gasteiger partial charge in [0, 0.05) is 32.7 Å². The Morgan fingerprint density at radius 2 is 0.351 bits per heavy atom. The lowest BCUT2D eigenvalue weighted by atomic mass is 9.91. The van der Waals surface area contributed by atoms with Crippen molar-refractivity contribution in [3.05, 3.63) is 437 Å². The molecular formula is C112H72O2. The first-order valence-electron chi connectivity index (χ1n) is 39.1. The number of furan rings is 2. The van der Waals surface area contributed by atoms with Crippen LogP contribution in [0.25, 0.3) is 220 Å². The zero-order chi connectivity index (χ0) is 75.4. The van der Waals surface area contributed by atoms with Gasteiger partial charge < -0.3 is 8.83 Å². The third kappa shape index (κ3) is 12.6. The van der Waals surface area contributed by atoms with Gasteiger partial charge in [-0.2, -0.15) is 0 Å². The minimum absolute atomic E-state index is 0.878. The van der Waals surface area contributed by atoms with Crippen LogP contribution < -0.4 is 0 Å². The summed E-state index contributed by atoms with van der Waals surface area (Å²) in [4.78, 5) is 0. The average molecular weight is 1450 g/mol. The van der Waals surface area contributed by atoms with E-state index in [2.05, 4.69) is 437 Å². The topological polar surface area (TPSA) is 26.3 Å². The molecule has 0 N–H and O–H groups in total. The van der Waals surface area contributed by atoms with Crippen LogP contribution in [0.1, 0.15) is 0 Å². The smallest absolute Gasteiger partial charge is 0.143 e. The van der Waals surface area contributed by atoms with Gasteiger partial charge in [0.2, 0.25) is 0 Å². The van der Waals surface area contributed by atoms with Crippen LogP contribution in [0.3, 0.4) is 0 Å². The first kappa shape index (κ1) is 67.2. The molecule has 0 saturated carbocycles. The standard InChI is InChI=1S/2C56H36O/c1-3-13-37(14-4-1)41-18-11-20-43(31-41)45-29-30-55-53(33-45)54-36-47(44-21-12-19-42(32-44)38-15-5-2-6-16-38)35-52(56(54)57-55)40-27-25-39(26-28-40)51-34-46-17-7-8-22-48(46)49-23-9-10-24-50(49)51;1-3-11-37(12-4-1)39-19-23-41(24-20-39)45-31-32-55-53(33-45)54-36-47(42-25-21-40(22-26-42)38-13-5-2-6-14-38)35-52(56(54)57-55)44-29-27-43(28-30-44)51-34-46-15-7-8-16-48(46)49-17-9-10-18-50(49)51/h2*1-36H. The summed E-state index contributed by atoms with van der Waals surface area (Å²) in [5.74, 6) is 0. The maximum atomic E-state index is 6.83. The van der Waals surface area contributed by atoms with Crippen LogP contribution in [-0.2, 0) is 0 Å². The quantitative estimate of drug-likeness (QED) is 0.114. The molecule has 0 spiro atoms. The molecule has 0 fully saturated rings. The van der Waals surface area contributed by atoms with Gasteiger partial charge in [0.1, 0.15) is 22.3 Å². The van der Waals surface area contributed by atoms with E-state index in [4.69, 9.17) is 8.83 Å². The fourth-order valence-corrected chi connectivity index (χ4v) is 17.1. The van der Waals surface area contributed by atoms with E-state index in [1.165, 1.54) is 132 Å². The highest BCUT2D eigenvalue weighted by molar-refractivity contribution is 6.17. The molecule has 22 rings (SSSR count). The van der Waals surface area contributed by atoms with E-state index in [1.807, 2.05) is 0 Å². The molecule has 2 nitrogen and oxygen atoms in total. The van der Waals surface area contributed by atoms with E-state index in [0.717, 1.165) is 88.4 Å². The van der Waals surface area contributed by atoms with Gasteiger partial charge in [-0.05, 0) is 238 Å². The van der Waals surface area contributed by atoms with Crippen molar-refractivity contribution in [3.8, 4) is 134 Å². The van der Waals surface area contributed by atoms with Crippen LogP contribution in [0.15, 0.2) is 446 Å². The van der Waals surface area contributed by atoms with Gasteiger partial charge in [0.05, 0.1) is 0 Å². The van der Waals surface area contributed by atoms with Crippen molar-refractivity contribution in [1.29, 1.82) is 0 Å². The predicted octanol–water partition coefficient (Wildman–Crippen LogP) is 31.8. The Bertz CT molecular complexity index is 7380. The first-order chi connectivity index (χ1) is 56.5. The SMILES string of the molecule is c1ccc(-c2ccc(-c3ccc4oc5c(-c6ccc(-c7cc8ccccc8c8ccccc78)cc6)cc(-c6ccc(-c7ccccc7)cc6)cc5c4c3)cc2)cc1.c1ccc(-c2cccc(-c3ccc4oc5c(-c6ccc(-c7cc8ccccc8c8ccccc78)cc6)cc(-c6cccc(-c7ccccc7)c6)cc5c4c3)c2)cc1. The van der Waals surface area contributed by atoms with Crippen LogP contribution >= 0.6 is 0 Å². The van der Waals surface area contributed by atoms with Crippen LogP contribution in [-0.4, -0.2) is 0 Å². The zero-order valence-electron chi connectivity index (χ0n) is 62.4. The van der Waals surface area contributed by atoms with Crippen molar-refractivity contribution in [3.63, 3.8) is 0 Å². The predicted molar refractivity (Wildman–Crippen MR) is 483 cm³/mol. The number of rotatable bonds is 12. The zero-order valence-corrected chi connectivity index (χ0v) is 62.4. The van der Waals surface area contributed by atoms with E-state index in [1.54, 1.807) is 0 Å². The minimum Gasteiger partial charge on any atom is -0.455 e. The average Bonchev–Trinajstić information content (AvgIpc) is 1.59. The summed E-state index contributed by atoms with van der Waals surface area (Å²) in [6.07, 6.45) is 0. The van der Waals surface area contributed by atoms with Crippen molar-refractivity contribution >= 4 is 87.0 Å². The van der Waals surface area contributed by atoms with E-state index < -0.39 is 0 Å². The Morgan fingerprint density at radius 1 is 0.114 bits per heavy atom. The van der Waals surface area contributed by atoms with Crippen molar-refractivity contribution in [2.45, 2.75) is 0 Å². The van der Waals surface area contributed by atoms with Crippen molar-refractivity contribution in [1.82, 2.24) is 0 Å². The third-order valence-corrected chi connectivity index (χ3v) is 22.9. The second kappa shape index (κ2) is 28.8. The highest BCUT2D eigenvalue weighted by Gasteiger charge is 2.21. The highest BCUT2D eigenvalue weighted by Crippen LogP contribution is 2.47. The minimum atomic E-state index is 0.878. The van der Waals surface area contributed by atoms with Crippen LogP contribution in [0.5, 0.6) is 0 Å². The van der Waals surface area contributed by atoms with Crippen LogP contribution in [0.2, 0.25) is 0 Å². The molecule has 0 radical (unpaired) electrons. The molecule has 532 valence electrons. The van der Waals surface area contributed by atoms with Gasteiger partial charge in [0.15, 0.2) is 0 Å². The summed E-state index contributed by atoms with van der Waals surface area (Å²) in [7, 11) is 0. The summed E-state index contributed by atoms with van der Waals surface area (Å²) in [6, 6.07) is 158. The maximum Gasteiger partial charge on any atom is 0.143 e. The molecule has 20 aromatic carbocycles. The third-order valence-electron chi connectivity index (χ3n) is 22.9. The Labute approximate surface area is 661 Å². The summed E-state index contributed by atoms with van der Waals surface area (Å²) < 4.78 is 13.6. The molecule has 0 amide bonds. The first-order valence-corrected chi connectivity index (χ1v) is 39.1. The molecule has 0 atom stereocenters. The molecule has 2 heterocycles. The molecule has 0 unspecified atom stereocenters. The molecule has 2 heteroatoms. The molecule has 0 aliphatic heterocycles. The molecule has 114 heavy (non-hydrogen) atoms. The Morgan fingerprint density at radius 3 is 0.746 bits per heavy atom. The lowest BCUT2D eigenvalue weighted by Gasteiger charge is -2.13. The van der Waals surface area contributed by atoms with E-state index in [9.17, 15) is 0 Å². The molecule has 0 aliphatic carbocycles. The Kier molecular flexibility index (Phi) is 17.0. The lowest BCUT2D eigenvalue weighted by molar-refractivity contribution is 0.669. The van der Waals surface area contributed by atoms with Gasteiger partial charge >= 0.3 is 0 Å². The fourth-order valence-electron chi connectivity index (χ4n) is 17.1. The normalized spacial score (nSPS) is 11.5. The summed E-state index contributed by atoms with van der Waals surface area (Å²) >= 11 is 0. The van der Waals surface area contributed by atoms with Gasteiger partial charge in [-0.25, -0.2) is 0 Å². The number of fused-ring (bicyclic) bond motifs is 12. The molecule has 2 aromatic heterocycles. The molecule has 0 saturated heterocycles. The van der Waals surface area contributed by atoms with Gasteiger partial charge in [-0.3, -0.25) is 0 Å². The van der Waals surface area contributed by atoms with Gasteiger partial charge in [-0.1, -0.05) is 364 Å². The van der Waals surface area contributed by atoms with Gasteiger partial charge in [0.25, 0.3) is 0 Å². The summed E-state index contributed by atoms with van der Waals surface area (Å²) in [6.45, 7) is 0. The number of hydrogen-bond donors (Lipinski definition) is 0. The van der Waals surface area contributed by atoms with Gasteiger partial charge in [-0.15, -0.1) is 0 Å². The van der Waals surface area contributed by atoms with E-state index in [-0.39, 0.29) is 0 Å². The second-order valence-corrected chi connectivity index (χ2v) is 29.7. The number of hydrogen-bond acceptors (Lipinski definition) is 2. The van der Waals surface area contributed by atoms with Crippen LogP contribution in [0, 0.1) is 0 Å². The lowest BCUT2D eigenvalue weighted by Crippen LogP contribution is -1.87. The molecule has 22 aromatic rings. The Hall–Kier alpha value is -15.0. The second-order valence-electron chi connectivity index (χ2n) is 29.7. The molecule has 0 bridgehead atoms.